The van der Waals surface area contributed by atoms with Crippen molar-refractivity contribution in [3.63, 3.8) is 0 Å². The molecule has 0 fully saturated rings. The van der Waals surface area contributed by atoms with Crippen LogP contribution in [0.3, 0.4) is 0 Å². The fraction of sp³-hybridized carbons (Fsp3) is 0.316. The van der Waals surface area contributed by atoms with Crippen LogP contribution in [-0.2, 0) is 0 Å². The summed E-state index contributed by atoms with van der Waals surface area (Å²) in [7, 11) is 0. The van der Waals surface area contributed by atoms with Gasteiger partial charge >= 0.3 is 0 Å². The van der Waals surface area contributed by atoms with Gasteiger partial charge in [0.1, 0.15) is 5.39 Å². The second kappa shape index (κ2) is 10.3. The first-order chi connectivity index (χ1) is 12.1. The minimum atomic E-state index is -0.346. The monoisotopic (exact) mass is 410 g/mol. The maximum absolute atomic E-state index is 11.5. The van der Waals surface area contributed by atoms with Crippen LogP contribution in [0, 0.1) is 16.0 Å². The van der Waals surface area contributed by atoms with Crippen LogP contribution in [-0.4, -0.2) is 29.5 Å². The number of hydrogen-bond acceptors (Lipinski definition) is 5. The minimum Gasteiger partial charge on any atom is -0.382 e. The molecule has 6 nitrogen and oxygen atoms in total. The quantitative estimate of drug-likeness (QED) is 0.253. The number of para-hydroxylation sites is 1. The van der Waals surface area contributed by atoms with Gasteiger partial charge in [0.05, 0.1) is 21.6 Å². The van der Waals surface area contributed by atoms with Gasteiger partial charge in [-0.25, -0.2) is 4.98 Å². The number of nitro benzene ring substituents is 1. The first-order valence-corrected chi connectivity index (χ1v) is 8.48. The number of rotatable bonds is 7. The number of anilines is 1. The van der Waals surface area contributed by atoms with Crippen LogP contribution < -0.4 is 10.6 Å². The topological polar surface area (TPSA) is 80.1 Å². The van der Waals surface area contributed by atoms with Gasteiger partial charge < -0.3 is 10.6 Å². The van der Waals surface area contributed by atoms with E-state index in [1.54, 1.807) is 6.07 Å². The number of fused-ring (bicyclic) bond motifs is 2. The van der Waals surface area contributed by atoms with Crippen molar-refractivity contribution in [3.8, 4) is 0 Å². The zero-order valence-corrected chi connectivity index (χ0v) is 16.9. The van der Waals surface area contributed by atoms with Crippen LogP contribution in [0.1, 0.15) is 13.8 Å². The Bertz CT molecular complexity index is 919. The molecule has 1 aromatic heterocycles. The van der Waals surface area contributed by atoms with Crippen LogP contribution in [0.15, 0.2) is 42.5 Å². The van der Waals surface area contributed by atoms with E-state index in [1.165, 1.54) is 6.07 Å². The number of halogens is 2. The smallest absolute Gasteiger partial charge is 0.280 e. The van der Waals surface area contributed by atoms with Crippen LogP contribution in [0.25, 0.3) is 21.8 Å². The highest BCUT2D eigenvalue weighted by Crippen LogP contribution is 2.36. The summed E-state index contributed by atoms with van der Waals surface area (Å²) < 4.78 is 0. The number of pyridine rings is 1. The Kier molecular flexibility index (Phi) is 8.69. The van der Waals surface area contributed by atoms with E-state index in [-0.39, 0.29) is 35.4 Å². The van der Waals surface area contributed by atoms with Gasteiger partial charge in [0.2, 0.25) is 0 Å². The molecule has 3 rings (SSSR count). The number of aromatic nitrogens is 1. The van der Waals surface area contributed by atoms with Crippen molar-refractivity contribution in [1.29, 1.82) is 0 Å². The second-order valence-corrected chi connectivity index (χ2v) is 6.46. The SMILES string of the molecule is CC(C)CNCCNc1c2ccccc2nc2cccc([N+](=O)[O-])c12.Cl.Cl. The van der Waals surface area contributed by atoms with E-state index in [0.717, 1.165) is 29.7 Å². The molecule has 2 aromatic carbocycles. The second-order valence-electron chi connectivity index (χ2n) is 6.46. The van der Waals surface area contributed by atoms with E-state index >= 15 is 0 Å². The summed E-state index contributed by atoms with van der Waals surface area (Å²) in [6.45, 7) is 6.74. The van der Waals surface area contributed by atoms with Gasteiger partial charge in [-0.2, -0.15) is 0 Å². The molecular formula is C19H24Cl2N4O2. The molecule has 0 unspecified atom stereocenters. The number of hydrogen-bond donors (Lipinski definition) is 2. The zero-order chi connectivity index (χ0) is 17.8. The predicted molar refractivity (Wildman–Crippen MR) is 117 cm³/mol. The van der Waals surface area contributed by atoms with Crippen LogP contribution in [0.4, 0.5) is 11.4 Å². The van der Waals surface area contributed by atoms with Gasteiger partial charge in [-0.1, -0.05) is 38.1 Å². The average Bonchev–Trinajstić information content (AvgIpc) is 2.59. The lowest BCUT2D eigenvalue weighted by Gasteiger charge is -2.14. The number of benzene rings is 2. The lowest BCUT2D eigenvalue weighted by atomic mass is 10.1. The molecule has 27 heavy (non-hydrogen) atoms. The Labute approximate surface area is 170 Å². The molecule has 0 aliphatic carbocycles. The molecule has 0 saturated carbocycles. The average molecular weight is 411 g/mol. The van der Waals surface area contributed by atoms with Crippen molar-refractivity contribution in [2.24, 2.45) is 5.92 Å². The number of nitro groups is 1. The van der Waals surface area contributed by atoms with Crippen molar-refractivity contribution in [2.75, 3.05) is 25.0 Å². The Hall–Kier alpha value is -2.15. The Morgan fingerprint density at radius 3 is 2.44 bits per heavy atom. The summed E-state index contributed by atoms with van der Waals surface area (Å²) in [4.78, 5) is 15.7. The van der Waals surface area contributed by atoms with Crippen LogP contribution >= 0.6 is 24.8 Å². The lowest BCUT2D eigenvalue weighted by Crippen LogP contribution is -2.25. The van der Waals surface area contributed by atoms with Gasteiger partial charge in [-0.05, 0) is 24.6 Å². The first kappa shape index (κ1) is 22.9. The third-order valence-electron chi connectivity index (χ3n) is 4.04. The molecule has 0 bridgehead atoms. The van der Waals surface area contributed by atoms with Crippen molar-refractivity contribution in [2.45, 2.75) is 13.8 Å². The molecule has 2 N–H and O–H groups in total. The standard InChI is InChI=1S/C19H22N4O2.2ClH/c1-13(2)12-20-10-11-21-19-14-6-3-4-7-15(14)22-16-8-5-9-17(18(16)19)23(24)25;;/h3-9,13,20H,10-12H2,1-2H3,(H,21,22);2*1H. The molecule has 0 amide bonds. The largest absolute Gasteiger partial charge is 0.382 e. The summed E-state index contributed by atoms with van der Waals surface area (Å²) in [6, 6.07) is 12.7. The van der Waals surface area contributed by atoms with Crippen molar-refractivity contribution in [3.05, 3.63) is 52.6 Å². The molecule has 0 radical (unpaired) electrons. The van der Waals surface area contributed by atoms with Gasteiger partial charge in [-0.15, -0.1) is 24.8 Å². The number of non-ortho nitro benzene ring substituents is 1. The highest BCUT2D eigenvalue weighted by molar-refractivity contribution is 6.11. The third-order valence-corrected chi connectivity index (χ3v) is 4.04. The molecular weight excluding hydrogens is 387 g/mol. The van der Waals surface area contributed by atoms with E-state index in [9.17, 15) is 10.1 Å². The van der Waals surface area contributed by atoms with E-state index < -0.39 is 0 Å². The molecule has 3 aromatic rings. The minimum absolute atomic E-state index is 0. The Balaban J connectivity index is 0.00000182. The molecule has 146 valence electrons. The van der Waals surface area contributed by atoms with E-state index in [2.05, 4.69) is 29.5 Å². The Morgan fingerprint density at radius 2 is 1.74 bits per heavy atom. The highest BCUT2D eigenvalue weighted by Gasteiger charge is 2.18. The molecule has 0 atom stereocenters. The molecule has 0 saturated heterocycles. The number of nitrogens with zero attached hydrogens (tertiary/aromatic N) is 2. The van der Waals surface area contributed by atoms with E-state index in [1.807, 2.05) is 30.3 Å². The first-order valence-electron chi connectivity index (χ1n) is 8.48. The molecule has 1 heterocycles. The molecule has 8 heteroatoms. The van der Waals surface area contributed by atoms with Crippen molar-refractivity contribution >= 4 is 58.0 Å². The normalized spacial score (nSPS) is 10.5. The zero-order valence-electron chi connectivity index (χ0n) is 15.3. The molecule has 0 aliphatic rings. The van der Waals surface area contributed by atoms with Gasteiger partial charge in [0.15, 0.2) is 0 Å². The fourth-order valence-electron chi connectivity index (χ4n) is 2.93. The predicted octanol–water partition coefficient (Wildman–Crippen LogP) is 4.80. The highest BCUT2D eigenvalue weighted by atomic mass is 35.5. The lowest BCUT2D eigenvalue weighted by molar-refractivity contribution is -0.383. The Morgan fingerprint density at radius 1 is 1.04 bits per heavy atom. The van der Waals surface area contributed by atoms with Crippen molar-refractivity contribution in [1.82, 2.24) is 10.3 Å². The molecule has 0 aliphatic heterocycles. The van der Waals surface area contributed by atoms with Gasteiger partial charge in [0.25, 0.3) is 5.69 Å². The summed E-state index contributed by atoms with van der Waals surface area (Å²) in [5.41, 5.74) is 2.31. The summed E-state index contributed by atoms with van der Waals surface area (Å²) in [6.07, 6.45) is 0. The molecule has 0 spiro atoms. The maximum Gasteiger partial charge on any atom is 0.280 e. The van der Waals surface area contributed by atoms with E-state index in [4.69, 9.17) is 0 Å². The van der Waals surface area contributed by atoms with E-state index in [0.29, 0.717) is 23.4 Å². The third kappa shape index (κ3) is 5.19. The van der Waals surface area contributed by atoms with Gasteiger partial charge in [0, 0.05) is 24.5 Å². The summed E-state index contributed by atoms with van der Waals surface area (Å²) in [5, 5.41) is 19.7. The van der Waals surface area contributed by atoms with Gasteiger partial charge in [-0.3, -0.25) is 10.1 Å². The number of nitrogens with one attached hydrogen (secondary N) is 2. The maximum atomic E-state index is 11.5. The van der Waals surface area contributed by atoms with Crippen molar-refractivity contribution < 1.29 is 4.92 Å². The fourth-order valence-corrected chi connectivity index (χ4v) is 2.93. The van der Waals surface area contributed by atoms with Crippen LogP contribution in [0.5, 0.6) is 0 Å². The summed E-state index contributed by atoms with van der Waals surface area (Å²) >= 11 is 0. The van der Waals surface area contributed by atoms with Crippen LogP contribution in [0.2, 0.25) is 0 Å². The summed E-state index contributed by atoms with van der Waals surface area (Å²) in [5.74, 6) is 0.587.